The van der Waals surface area contributed by atoms with Crippen LogP contribution in [0.4, 0.5) is 5.95 Å². The zero-order chi connectivity index (χ0) is 18.4. The van der Waals surface area contributed by atoms with Crippen molar-refractivity contribution in [3.63, 3.8) is 0 Å². The number of H-pyrrole nitrogens is 1. The minimum absolute atomic E-state index is 0.0239. The molecule has 0 aliphatic carbocycles. The van der Waals surface area contributed by atoms with Crippen molar-refractivity contribution >= 4 is 17.1 Å². The monoisotopic (exact) mass is 359 g/mol. The van der Waals surface area contributed by atoms with E-state index in [9.17, 15) is 20.1 Å². The molecule has 26 heavy (non-hydrogen) atoms. The first-order chi connectivity index (χ1) is 12.5. The normalized spacial score (nSPS) is 25.8. The third-order valence-corrected chi connectivity index (χ3v) is 4.37. The molecule has 0 saturated carbocycles. The molecule has 0 unspecified atom stereocenters. The van der Waals surface area contributed by atoms with Crippen molar-refractivity contribution in [3.05, 3.63) is 40.7 Å². The summed E-state index contributed by atoms with van der Waals surface area (Å²) in [5.41, 5.74) is 5.91. The van der Waals surface area contributed by atoms with Crippen molar-refractivity contribution in [3.8, 4) is 11.4 Å². The van der Waals surface area contributed by atoms with E-state index in [1.807, 2.05) is 6.07 Å². The van der Waals surface area contributed by atoms with Gasteiger partial charge in [0.05, 0.1) is 6.61 Å². The molecule has 10 nitrogen and oxygen atoms in total. The van der Waals surface area contributed by atoms with Gasteiger partial charge in [-0.3, -0.25) is 14.3 Å². The van der Waals surface area contributed by atoms with Crippen LogP contribution in [0.3, 0.4) is 0 Å². The number of nitrogens with one attached hydrogen (secondary N) is 1. The topological polar surface area (TPSA) is 160 Å². The molecule has 1 aliphatic rings. The van der Waals surface area contributed by atoms with Crippen LogP contribution in [0, 0.1) is 0 Å². The lowest BCUT2D eigenvalue weighted by Gasteiger charge is -2.19. The van der Waals surface area contributed by atoms with E-state index in [1.165, 1.54) is 4.57 Å². The summed E-state index contributed by atoms with van der Waals surface area (Å²) in [6.45, 7) is -0.474. The summed E-state index contributed by atoms with van der Waals surface area (Å²) in [7, 11) is 0. The third-order valence-electron chi connectivity index (χ3n) is 4.37. The van der Waals surface area contributed by atoms with Crippen molar-refractivity contribution in [2.45, 2.75) is 24.5 Å². The predicted molar refractivity (Wildman–Crippen MR) is 91.0 cm³/mol. The zero-order valence-corrected chi connectivity index (χ0v) is 13.5. The molecular weight excluding hydrogens is 342 g/mol. The van der Waals surface area contributed by atoms with Crippen molar-refractivity contribution in [1.82, 2.24) is 19.5 Å². The fraction of sp³-hybridized carbons (Fsp3) is 0.312. The molecule has 1 fully saturated rings. The molecule has 0 radical (unpaired) electrons. The second-order valence-corrected chi connectivity index (χ2v) is 6.02. The largest absolute Gasteiger partial charge is 0.394 e. The van der Waals surface area contributed by atoms with Crippen LogP contribution in [0.2, 0.25) is 0 Å². The second kappa shape index (κ2) is 6.18. The first kappa shape index (κ1) is 16.7. The molecule has 10 heteroatoms. The van der Waals surface area contributed by atoms with Crippen LogP contribution in [-0.4, -0.2) is 59.8 Å². The second-order valence-electron chi connectivity index (χ2n) is 6.02. The molecule has 6 N–H and O–H groups in total. The van der Waals surface area contributed by atoms with Gasteiger partial charge in [0.1, 0.15) is 24.1 Å². The van der Waals surface area contributed by atoms with Crippen LogP contribution in [0.15, 0.2) is 35.1 Å². The van der Waals surface area contributed by atoms with Crippen molar-refractivity contribution in [2.24, 2.45) is 0 Å². The van der Waals surface area contributed by atoms with Gasteiger partial charge in [0.2, 0.25) is 5.95 Å². The number of benzene rings is 1. The van der Waals surface area contributed by atoms with E-state index >= 15 is 0 Å². The smallest absolute Gasteiger partial charge is 0.280 e. The van der Waals surface area contributed by atoms with Crippen LogP contribution in [0.5, 0.6) is 0 Å². The predicted octanol–water partition coefficient (Wildman–Crippen LogP) is -1.02. The average molecular weight is 359 g/mol. The SMILES string of the molecule is Nc1nc2c(nc(-c3ccccc3)n2[C@@H]2O[C@H](CO)[C@@H](O)[C@H]2O)c(=O)[nH]1. The summed E-state index contributed by atoms with van der Waals surface area (Å²) in [5, 5.41) is 29.9. The van der Waals surface area contributed by atoms with Gasteiger partial charge in [-0.05, 0) is 0 Å². The van der Waals surface area contributed by atoms with Gasteiger partial charge in [-0.2, -0.15) is 4.98 Å². The summed E-state index contributed by atoms with van der Waals surface area (Å²) in [4.78, 5) is 23.1. The van der Waals surface area contributed by atoms with E-state index in [4.69, 9.17) is 10.5 Å². The Hall–Kier alpha value is -2.79. The molecule has 2 aromatic heterocycles. The fourth-order valence-electron chi connectivity index (χ4n) is 3.13. The number of hydrogen-bond donors (Lipinski definition) is 5. The van der Waals surface area contributed by atoms with Crippen LogP contribution in [0.25, 0.3) is 22.6 Å². The molecular formula is C16H17N5O5. The Morgan fingerprint density at radius 3 is 2.58 bits per heavy atom. The Bertz CT molecular complexity index is 1000. The number of ether oxygens (including phenoxy) is 1. The summed E-state index contributed by atoms with van der Waals surface area (Å²) < 4.78 is 7.03. The van der Waals surface area contributed by atoms with E-state index in [0.717, 1.165) is 0 Å². The maximum atomic E-state index is 12.2. The van der Waals surface area contributed by atoms with Crippen molar-refractivity contribution in [1.29, 1.82) is 0 Å². The maximum absolute atomic E-state index is 12.2. The third kappa shape index (κ3) is 2.47. The number of hydrogen-bond acceptors (Lipinski definition) is 8. The lowest BCUT2D eigenvalue weighted by molar-refractivity contribution is -0.0503. The number of aromatic nitrogens is 4. The Morgan fingerprint density at radius 1 is 1.19 bits per heavy atom. The maximum Gasteiger partial charge on any atom is 0.280 e. The number of anilines is 1. The molecule has 4 atom stereocenters. The average Bonchev–Trinajstić information content (AvgIpc) is 3.14. The number of aromatic amines is 1. The van der Waals surface area contributed by atoms with Gasteiger partial charge < -0.3 is 25.8 Å². The van der Waals surface area contributed by atoms with Crippen LogP contribution < -0.4 is 11.3 Å². The van der Waals surface area contributed by atoms with Crippen molar-refractivity contribution < 1.29 is 20.1 Å². The van der Waals surface area contributed by atoms with E-state index < -0.39 is 36.7 Å². The molecule has 3 aromatic rings. The number of rotatable bonds is 3. The fourth-order valence-corrected chi connectivity index (χ4v) is 3.13. The quantitative estimate of drug-likeness (QED) is 0.397. The summed E-state index contributed by atoms with van der Waals surface area (Å²) >= 11 is 0. The standard InChI is InChI=1S/C16H17N5O5/c17-16-19-13-9(14(25)20-16)18-12(7-4-2-1-3-5-7)21(13)15-11(24)10(23)8(6-22)26-15/h1-5,8,10-11,15,22-24H,6H2,(H3,17,19,20,25)/t8-,10-,11-,15-/m1/s1. The number of nitrogens with zero attached hydrogens (tertiary/aromatic N) is 3. The lowest BCUT2D eigenvalue weighted by Crippen LogP contribution is -2.33. The summed E-state index contributed by atoms with van der Waals surface area (Å²) in [5.74, 6) is 0.203. The van der Waals surface area contributed by atoms with Gasteiger partial charge in [0.25, 0.3) is 5.56 Å². The lowest BCUT2D eigenvalue weighted by atomic mass is 10.1. The molecule has 4 rings (SSSR count). The van der Waals surface area contributed by atoms with Gasteiger partial charge in [-0.1, -0.05) is 30.3 Å². The highest BCUT2D eigenvalue weighted by Gasteiger charge is 2.45. The van der Waals surface area contributed by atoms with Gasteiger partial charge >= 0.3 is 0 Å². The molecule has 1 aliphatic heterocycles. The zero-order valence-electron chi connectivity index (χ0n) is 13.5. The highest BCUT2D eigenvalue weighted by Crippen LogP contribution is 2.35. The molecule has 1 saturated heterocycles. The van der Waals surface area contributed by atoms with E-state index in [1.54, 1.807) is 24.3 Å². The summed E-state index contributed by atoms with van der Waals surface area (Å²) in [6, 6.07) is 8.96. The highest BCUT2D eigenvalue weighted by molar-refractivity contribution is 5.77. The van der Waals surface area contributed by atoms with Gasteiger partial charge in [-0.25, -0.2) is 4.98 Å². The minimum Gasteiger partial charge on any atom is -0.394 e. The highest BCUT2D eigenvalue weighted by atomic mass is 16.6. The number of imidazole rings is 1. The van der Waals surface area contributed by atoms with Gasteiger partial charge in [-0.15, -0.1) is 0 Å². The summed E-state index contributed by atoms with van der Waals surface area (Å²) in [6.07, 6.45) is -4.73. The number of aliphatic hydroxyl groups excluding tert-OH is 3. The van der Waals surface area contributed by atoms with Gasteiger partial charge in [0, 0.05) is 5.56 Å². The first-order valence-electron chi connectivity index (χ1n) is 7.97. The molecule has 0 spiro atoms. The number of nitrogen functional groups attached to an aromatic ring is 1. The Balaban J connectivity index is 1.99. The van der Waals surface area contributed by atoms with E-state index in [-0.39, 0.29) is 17.1 Å². The molecule has 0 bridgehead atoms. The number of nitrogens with two attached hydrogens (primary N) is 1. The minimum atomic E-state index is -1.35. The molecule has 0 amide bonds. The van der Waals surface area contributed by atoms with Crippen LogP contribution in [-0.2, 0) is 4.74 Å². The van der Waals surface area contributed by atoms with E-state index in [2.05, 4.69) is 15.0 Å². The Kier molecular flexibility index (Phi) is 3.96. The number of fused-ring (bicyclic) bond motifs is 1. The van der Waals surface area contributed by atoms with Gasteiger partial charge in [0.15, 0.2) is 17.4 Å². The molecule has 1 aromatic carbocycles. The first-order valence-corrected chi connectivity index (χ1v) is 7.97. The molecule has 3 heterocycles. The van der Waals surface area contributed by atoms with E-state index in [0.29, 0.717) is 11.4 Å². The Labute approximate surface area is 146 Å². The molecule has 136 valence electrons. The number of aliphatic hydroxyl groups is 3. The Morgan fingerprint density at radius 2 is 1.92 bits per heavy atom. The van der Waals surface area contributed by atoms with Crippen molar-refractivity contribution in [2.75, 3.05) is 12.3 Å². The van der Waals surface area contributed by atoms with Crippen LogP contribution in [0.1, 0.15) is 6.23 Å². The van der Waals surface area contributed by atoms with Crippen LogP contribution >= 0.6 is 0 Å².